The zero-order chi connectivity index (χ0) is 14.5. The Hall–Kier alpha value is -2.82. The molecule has 5 nitrogen and oxygen atoms in total. The van der Waals surface area contributed by atoms with Gasteiger partial charge in [0.2, 0.25) is 5.95 Å². The number of benzene rings is 2. The second kappa shape index (κ2) is 6.09. The number of hydrogen-bond donors (Lipinski definition) is 2. The lowest BCUT2D eigenvalue weighted by Crippen LogP contribution is -2.13. The summed E-state index contributed by atoms with van der Waals surface area (Å²) in [7, 11) is 1.66. The third-order valence-electron chi connectivity index (χ3n) is 3.28. The number of nitrogens with one attached hydrogen (secondary N) is 2. The first-order valence-electron chi connectivity index (χ1n) is 6.67. The summed E-state index contributed by atoms with van der Waals surface area (Å²) < 4.78 is 5.21. The summed E-state index contributed by atoms with van der Waals surface area (Å²) in [6, 6.07) is 18.2. The summed E-state index contributed by atoms with van der Waals surface area (Å²) >= 11 is 0. The van der Waals surface area contributed by atoms with Crippen LogP contribution in [0.4, 0.5) is 5.95 Å². The van der Waals surface area contributed by atoms with Gasteiger partial charge in [-0.05, 0) is 23.3 Å². The van der Waals surface area contributed by atoms with Crippen molar-refractivity contribution in [2.24, 2.45) is 0 Å². The van der Waals surface area contributed by atoms with Crippen LogP contribution in [0.3, 0.4) is 0 Å². The van der Waals surface area contributed by atoms with Crippen LogP contribution in [0.1, 0.15) is 17.2 Å². The van der Waals surface area contributed by atoms with E-state index in [9.17, 15) is 0 Å². The maximum absolute atomic E-state index is 5.21. The molecule has 3 aromatic rings. The molecular weight excluding hydrogens is 264 g/mol. The van der Waals surface area contributed by atoms with Crippen LogP contribution < -0.4 is 10.1 Å². The first-order chi connectivity index (χ1) is 10.4. The van der Waals surface area contributed by atoms with E-state index in [1.165, 1.54) is 6.33 Å². The third-order valence-corrected chi connectivity index (χ3v) is 3.28. The molecule has 1 heterocycles. The standard InChI is InChI=1S/C16H16N4O/c1-21-14-9-7-13(8-10-14)15(12-5-3-2-4-6-12)19-16-17-11-18-20-16/h2-11,15H,1H3,(H2,17,18,19,20). The lowest BCUT2D eigenvalue weighted by atomic mass is 9.99. The average Bonchev–Trinajstić information content (AvgIpc) is 3.07. The molecule has 0 spiro atoms. The van der Waals surface area contributed by atoms with E-state index in [1.807, 2.05) is 42.5 Å². The zero-order valence-corrected chi connectivity index (χ0v) is 11.7. The van der Waals surface area contributed by atoms with Crippen molar-refractivity contribution < 1.29 is 4.74 Å². The molecule has 0 aliphatic carbocycles. The molecule has 0 aliphatic rings. The van der Waals surface area contributed by atoms with E-state index in [0.717, 1.165) is 16.9 Å². The van der Waals surface area contributed by atoms with Crippen molar-refractivity contribution >= 4 is 5.95 Å². The molecule has 1 atom stereocenters. The fraction of sp³-hybridized carbons (Fsp3) is 0.125. The summed E-state index contributed by atoms with van der Waals surface area (Å²) in [4.78, 5) is 4.14. The number of anilines is 1. The van der Waals surface area contributed by atoms with Crippen LogP contribution in [0.5, 0.6) is 5.75 Å². The predicted octanol–water partition coefficient (Wildman–Crippen LogP) is 3.01. The van der Waals surface area contributed by atoms with E-state index in [-0.39, 0.29) is 6.04 Å². The molecule has 0 amide bonds. The molecule has 5 heteroatoms. The van der Waals surface area contributed by atoms with Crippen molar-refractivity contribution in [2.75, 3.05) is 12.4 Å². The van der Waals surface area contributed by atoms with Crippen LogP contribution >= 0.6 is 0 Å². The third kappa shape index (κ3) is 3.02. The molecule has 0 radical (unpaired) electrons. The first-order valence-corrected chi connectivity index (χ1v) is 6.67. The topological polar surface area (TPSA) is 62.8 Å². The molecule has 0 saturated heterocycles. The van der Waals surface area contributed by atoms with Gasteiger partial charge >= 0.3 is 0 Å². The fourth-order valence-electron chi connectivity index (χ4n) is 2.21. The number of aromatic amines is 1. The fourth-order valence-corrected chi connectivity index (χ4v) is 2.21. The maximum atomic E-state index is 5.21. The maximum Gasteiger partial charge on any atom is 0.219 e. The van der Waals surface area contributed by atoms with E-state index in [0.29, 0.717) is 5.95 Å². The van der Waals surface area contributed by atoms with Crippen molar-refractivity contribution in [3.05, 3.63) is 72.1 Å². The van der Waals surface area contributed by atoms with Gasteiger partial charge in [-0.1, -0.05) is 42.5 Å². The molecule has 0 fully saturated rings. The Morgan fingerprint density at radius 3 is 2.33 bits per heavy atom. The minimum absolute atomic E-state index is 0.00921. The Labute approximate surface area is 123 Å². The summed E-state index contributed by atoms with van der Waals surface area (Å²) in [6.45, 7) is 0. The minimum atomic E-state index is -0.00921. The highest BCUT2D eigenvalue weighted by Gasteiger charge is 2.15. The van der Waals surface area contributed by atoms with Crippen molar-refractivity contribution in [2.45, 2.75) is 6.04 Å². The quantitative estimate of drug-likeness (QED) is 0.754. The highest BCUT2D eigenvalue weighted by molar-refractivity contribution is 5.42. The Morgan fingerprint density at radius 2 is 1.71 bits per heavy atom. The minimum Gasteiger partial charge on any atom is -0.497 e. The molecule has 2 aromatic carbocycles. The smallest absolute Gasteiger partial charge is 0.219 e. The number of aromatic nitrogens is 3. The van der Waals surface area contributed by atoms with E-state index >= 15 is 0 Å². The van der Waals surface area contributed by atoms with Gasteiger partial charge < -0.3 is 10.1 Å². The number of H-pyrrole nitrogens is 1. The highest BCUT2D eigenvalue weighted by atomic mass is 16.5. The second-order valence-corrected chi connectivity index (χ2v) is 4.60. The average molecular weight is 280 g/mol. The summed E-state index contributed by atoms with van der Waals surface area (Å²) in [6.07, 6.45) is 1.48. The molecule has 3 rings (SSSR count). The molecule has 0 aliphatic heterocycles. The lowest BCUT2D eigenvalue weighted by molar-refractivity contribution is 0.414. The highest BCUT2D eigenvalue weighted by Crippen LogP contribution is 2.26. The molecule has 0 bridgehead atoms. The number of ether oxygens (including phenoxy) is 1. The Morgan fingerprint density at radius 1 is 1.00 bits per heavy atom. The predicted molar refractivity (Wildman–Crippen MR) is 81.3 cm³/mol. The van der Waals surface area contributed by atoms with Crippen molar-refractivity contribution in [1.29, 1.82) is 0 Å². The van der Waals surface area contributed by atoms with Gasteiger partial charge in [-0.25, -0.2) is 10.1 Å². The molecule has 106 valence electrons. The molecule has 0 saturated carbocycles. The van der Waals surface area contributed by atoms with Gasteiger partial charge in [0.25, 0.3) is 0 Å². The zero-order valence-electron chi connectivity index (χ0n) is 11.7. The first kappa shape index (κ1) is 13.2. The molecular formula is C16H16N4O. The molecule has 1 unspecified atom stereocenters. The van der Waals surface area contributed by atoms with E-state index in [2.05, 4.69) is 32.6 Å². The number of hydrogen-bond acceptors (Lipinski definition) is 4. The van der Waals surface area contributed by atoms with Gasteiger partial charge in [0.1, 0.15) is 12.1 Å². The van der Waals surface area contributed by atoms with Crippen LogP contribution in [-0.4, -0.2) is 22.3 Å². The van der Waals surface area contributed by atoms with Crippen LogP contribution in [0, 0.1) is 0 Å². The summed E-state index contributed by atoms with van der Waals surface area (Å²) in [5.74, 6) is 1.48. The van der Waals surface area contributed by atoms with Gasteiger partial charge in [0.15, 0.2) is 0 Å². The second-order valence-electron chi connectivity index (χ2n) is 4.60. The Bertz CT molecular complexity index is 665. The van der Waals surface area contributed by atoms with Crippen molar-refractivity contribution in [1.82, 2.24) is 15.2 Å². The lowest BCUT2D eigenvalue weighted by Gasteiger charge is -2.19. The van der Waals surface area contributed by atoms with E-state index < -0.39 is 0 Å². The van der Waals surface area contributed by atoms with Crippen LogP contribution in [-0.2, 0) is 0 Å². The van der Waals surface area contributed by atoms with Gasteiger partial charge in [-0.3, -0.25) is 0 Å². The Balaban J connectivity index is 1.94. The van der Waals surface area contributed by atoms with Crippen LogP contribution in [0.2, 0.25) is 0 Å². The van der Waals surface area contributed by atoms with Crippen LogP contribution in [0.25, 0.3) is 0 Å². The van der Waals surface area contributed by atoms with Gasteiger partial charge in [-0.15, -0.1) is 0 Å². The van der Waals surface area contributed by atoms with Crippen molar-refractivity contribution in [3.8, 4) is 5.75 Å². The number of methoxy groups -OCH3 is 1. The number of nitrogens with zero attached hydrogens (tertiary/aromatic N) is 2. The van der Waals surface area contributed by atoms with Crippen molar-refractivity contribution in [3.63, 3.8) is 0 Å². The normalized spacial score (nSPS) is 11.9. The SMILES string of the molecule is COc1ccc(C(Nc2ncn[nH]2)c2ccccc2)cc1. The largest absolute Gasteiger partial charge is 0.497 e. The Kier molecular flexibility index (Phi) is 3.82. The monoisotopic (exact) mass is 280 g/mol. The van der Waals surface area contributed by atoms with E-state index in [1.54, 1.807) is 7.11 Å². The van der Waals surface area contributed by atoms with E-state index in [4.69, 9.17) is 4.74 Å². The van der Waals surface area contributed by atoms with Gasteiger partial charge in [-0.2, -0.15) is 5.10 Å². The summed E-state index contributed by atoms with van der Waals surface area (Å²) in [5.41, 5.74) is 2.28. The molecule has 1 aromatic heterocycles. The molecule has 21 heavy (non-hydrogen) atoms. The molecule has 2 N–H and O–H groups in total. The van der Waals surface area contributed by atoms with Crippen LogP contribution in [0.15, 0.2) is 60.9 Å². The summed E-state index contributed by atoms with van der Waals surface area (Å²) in [5, 5.41) is 10.1. The number of rotatable bonds is 5. The van der Waals surface area contributed by atoms with Gasteiger partial charge in [0.05, 0.1) is 13.2 Å². The van der Waals surface area contributed by atoms with Gasteiger partial charge in [0, 0.05) is 0 Å².